The van der Waals surface area contributed by atoms with E-state index in [2.05, 4.69) is 5.32 Å². The summed E-state index contributed by atoms with van der Waals surface area (Å²) < 4.78 is 5.52. The maximum Gasteiger partial charge on any atom is 0.410 e. The van der Waals surface area contributed by atoms with Crippen LogP contribution >= 0.6 is 0 Å². The van der Waals surface area contributed by atoms with Crippen molar-refractivity contribution in [1.29, 1.82) is 0 Å². The number of amides is 2. The maximum absolute atomic E-state index is 12.4. The van der Waals surface area contributed by atoms with Gasteiger partial charge in [0.2, 0.25) is 5.91 Å². The van der Waals surface area contributed by atoms with Gasteiger partial charge in [0.05, 0.1) is 0 Å². The topological polar surface area (TPSA) is 61.9 Å². The van der Waals surface area contributed by atoms with Crippen molar-refractivity contribution in [3.8, 4) is 0 Å². The van der Waals surface area contributed by atoms with Crippen molar-refractivity contribution in [3.63, 3.8) is 0 Å². The summed E-state index contributed by atoms with van der Waals surface area (Å²) in [5.74, 6) is 0.565. The maximum atomic E-state index is 12.4. The molecule has 3 rings (SSSR count). The molecule has 2 amide bonds. The number of fused-ring (bicyclic) bond motifs is 2. The average Bonchev–Trinajstić information content (AvgIpc) is 3.02. The standard InChI is InChI=1S/C17H29N3O3/c1-11-8-18-13(9-19(11)16(22)23-17(2,3)4)10-20-14-6-5-12(7-14)15(20)21/h11-14,18H,5-10H2,1-4H3. The Hall–Kier alpha value is -1.30. The van der Waals surface area contributed by atoms with E-state index < -0.39 is 5.60 Å². The highest BCUT2D eigenvalue weighted by atomic mass is 16.6. The molecule has 0 spiro atoms. The number of nitrogens with zero attached hydrogens (tertiary/aromatic N) is 2. The second kappa shape index (κ2) is 5.96. The molecular weight excluding hydrogens is 294 g/mol. The normalized spacial score (nSPS) is 34.2. The molecular formula is C17H29N3O3. The van der Waals surface area contributed by atoms with Gasteiger partial charge in [0.25, 0.3) is 0 Å². The molecule has 1 saturated carbocycles. The fourth-order valence-electron chi connectivity index (χ4n) is 3.98. The van der Waals surface area contributed by atoms with Crippen molar-refractivity contribution in [2.24, 2.45) is 5.92 Å². The van der Waals surface area contributed by atoms with Gasteiger partial charge in [-0.15, -0.1) is 0 Å². The fraction of sp³-hybridized carbons (Fsp3) is 0.882. The summed E-state index contributed by atoms with van der Waals surface area (Å²) in [6.07, 6.45) is 2.96. The quantitative estimate of drug-likeness (QED) is 0.838. The van der Waals surface area contributed by atoms with E-state index in [4.69, 9.17) is 4.74 Å². The third-order valence-electron chi connectivity index (χ3n) is 5.17. The molecule has 2 bridgehead atoms. The molecule has 2 heterocycles. The second-order valence-electron chi connectivity index (χ2n) is 8.24. The SMILES string of the molecule is CC1CNC(CN2C(=O)C3CCC2C3)CN1C(=O)OC(C)(C)C. The summed E-state index contributed by atoms with van der Waals surface area (Å²) in [5.41, 5.74) is -0.485. The summed E-state index contributed by atoms with van der Waals surface area (Å²) in [7, 11) is 0. The van der Waals surface area contributed by atoms with E-state index in [0.717, 1.165) is 25.8 Å². The highest BCUT2D eigenvalue weighted by Gasteiger charge is 2.45. The molecule has 0 aromatic heterocycles. The van der Waals surface area contributed by atoms with Crippen molar-refractivity contribution in [2.45, 2.75) is 70.7 Å². The summed E-state index contributed by atoms with van der Waals surface area (Å²) in [4.78, 5) is 28.5. The minimum atomic E-state index is -0.485. The van der Waals surface area contributed by atoms with Crippen molar-refractivity contribution in [1.82, 2.24) is 15.1 Å². The number of carbonyl (C=O) groups excluding carboxylic acids is 2. The summed E-state index contributed by atoms with van der Waals surface area (Å²) >= 11 is 0. The Morgan fingerprint density at radius 3 is 2.70 bits per heavy atom. The van der Waals surface area contributed by atoms with E-state index in [1.54, 1.807) is 4.90 Å². The fourth-order valence-corrected chi connectivity index (χ4v) is 3.98. The number of carbonyl (C=O) groups is 2. The van der Waals surface area contributed by atoms with Gasteiger partial charge in [-0.3, -0.25) is 4.79 Å². The lowest BCUT2D eigenvalue weighted by atomic mass is 10.1. The first-order valence-electron chi connectivity index (χ1n) is 8.78. The Morgan fingerprint density at radius 2 is 2.09 bits per heavy atom. The summed E-state index contributed by atoms with van der Waals surface area (Å²) in [6, 6.07) is 0.650. The number of rotatable bonds is 2. The van der Waals surface area contributed by atoms with Gasteiger partial charge in [-0.1, -0.05) is 0 Å². The second-order valence-corrected chi connectivity index (χ2v) is 8.24. The van der Waals surface area contributed by atoms with Gasteiger partial charge in [-0.05, 0) is 47.0 Å². The van der Waals surface area contributed by atoms with E-state index in [0.29, 0.717) is 25.0 Å². The molecule has 1 aliphatic carbocycles. The molecule has 0 aromatic carbocycles. The predicted molar refractivity (Wildman–Crippen MR) is 87.0 cm³/mol. The van der Waals surface area contributed by atoms with Gasteiger partial charge in [-0.2, -0.15) is 0 Å². The molecule has 6 heteroatoms. The van der Waals surface area contributed by atoms with E-state index in [1.165, 1.54) is 0 Å². The van der Waals surface area contributed by atoms with Gasteiger partial charge in [0, 0.05) is 43.7 Å². The number of piperidine rings is 1. The molecule has 4 unspecified atom stereocenters. The molecule has 130 valence electrons. The molecule has 2 saturated heterocycles. The number of hydrogen-bond acceptors (Lipinski definition) is 4. The number of nitrogens with one attached hydrogen (secondary N) is 1. The molecule has 23 heavy (non-hydrogen) atoms. The van der Waals surface area contributed by atoms with E-state index in [9.17, 15) is 9.59 Å². The summed E-state index contributed by atoms with van der Waals surface area (Å²) in [6.45, 7) is 9.71. The molecule has 6 nitrogen and oxygen atoms in total. The van der Waals surface area contributed by atoms with Crippen LogP contribution in [0.1, 0.15) is 47.0 Å². The van der Waals surface area contributed by atoms with Crippen LogP contribution in [0.2, 0.25) is 0 Å². The van der Waals surface area contributed by atoms with Gasteiger partial charge in [0.15, 0.2) is 0 Å². The Labute approximate surface area is 138 Å². The van der Waals surface area contributed by atoms with Crippen molar-refractivity contribution >= 4 is 12.0 Å². The minimum absolute atomic E-state index is 0.104. The number of likely N-dealkylation sites (tertiary alicyclic amines) is 1. The van der Waals surface area contributed by atoms with Crippen LogP contribution in [-0.4, -0.2) is 65.2 Å². The highest BCUT2D eigenvalue weighted by Crippen LogP contribution is 2.38. The third kappa shape index (κ3) is 3.47. The Balaban J connectivity index is 1.59. The molecule has 3 fully saturated rings. The lowest BCUT2D eigenvalue weighted by Gasteiger charge is -2.41. The third-order valence-corrected chi connectivity index (χ3v) is 5.17. The van der Waals surface area contributed by atoms with Crippen molar-refractivity contribution in [2.75, 3.05) is 19.6 Å². The van der Waals surface area contributed by atoms with E-state index >= 15 is 0 Å². The zero-order valence-electron chi connectivity index (χ0n) is 14.7. The average molecular weight is 323 g/mol. The molecule has 3 aliphatic rings. The van der Waals surface area contributed by atoms with Crippen LogP contribution in [0.4, 0.5) is 4.79 Å². The predicted octanol–water partition coefficient (Wildman–Crippen LogP) is 1.59. The number of piperazine rings is 1. The molecule has 4 atom stereocenters. The highest BCUT2D eigenvalue weighted by molar-refractivity contribution is 5.82. The Morgan fingerprint density at radius 1 is 1.35 bits per heavy atom. The zero-order valence-corrected chi connectivity index (χ0v) is 14.7. The van der Waals surface area contributed by atoms with Gasteiger partial charge in [-0.25, -0.2) is 4.79 Å². The van der Waals surface area contributed by atoms with Crippen LogP contribution in [0.5, 0.6) is 0 Å². The van der Waals surface area contributed by atoms with Crippen LogP contribution in [0, 0.1) is 5.92 Å². The first-order valence-corrected chi connectivity index (χ1v) is 8.78. The van der Waals surface area contributed by atoms with Crippen LogP contribution < -0.4 is 5.32 Å². The van der Waals surface area contributed by atoms with Gasteiger partial charge in [0.1, 0.15) is 5.60 Å². The molecule has 1 N–H and O–H groups in total. The monoisotopic (exact) mass is 323 g/mol. The Bertz CT molecular complexity index is 488. The largest absolute Gasteiger partial charge is 0.444 e. The first kappa shape index (κ1) is 16.6. The minimum Gasteiger partial charge on any atom is -0.444 e. The molecule has 0 radical (unpaired) electrons. The number of ether oxygens (including phenoxy) is 1. The van der Waals surface area contributed by atoms with E-state index in [-0.39, 0.29) is 24.1 Å². The van der Waals surface area contributed by atoms with Gasteiger partial charge >= 0.3 is 6.09 Å². The zero-order chi connectivity index (χ0) is 16.8. The lowest BCUT2D eigenvalue weighted by molar-refractivity contribution is -0.134. The smallest absolute Gasteiger partial charge is 0.410 e. The lowest BCUT2D eigenvalue weighted by Crippen LogP contribution is -2.61. The molecule has 0 aromatic rings. The van der Waals surface area contributed by atoms with E-state index in [1.807, 2.05) is 32.6 Å². The number of hydrogen-bond donors (Lipinski definition) is 1. The molecule has 2 aliphatic heterocycles. The Kier molecular flexibility index (Phi) is 4.29. The summed E-state index contributed by atoms with van der Waals surface area (Å²) in [5, 5.41) is 3.48. The first-order chi connectivity index (χ1) is 10.7. The van der Waals surface area contributed by atoms with Crippen molar-refractivity contribution in [3.05, 3.63) is 0 Å². The van der Waals surface area contributed by atoms with Crippen LogP contribution in [-0.2, 0) is 9.53 Å². The van der Waals surface area contributed by atoms with Crippen LogP contribution in [0.25, 0.3) is 0 Å². The van der Waals surface area contributed by atoms with Crippen molar-refractivity contribution < 1.29 is 14.3 Å². The van der Waals surface area contributed by atoms with Crippen LogP contribution in [0.3, 0.4) is 0 Å². The van der Waals surface area contributed by atoms with Crippen LogP contribution in [0.15, 0.2) is 0 Å². The van der Waals surface area contributed by atoms with Gasteiger partial charge < -0.3 is 19.9 Å².